The highest BCUT2D eigenvalue weighted by molar-refractivity contribution is 7.95. The molecule has 0 aliphatic carbocycles. The van der Waals surface area contributed by atoms with E-state index in [9.17, 15) is 0 Å². The third-order valence-corrected chi connectivity index (χ3v) is 12.2. The lowest BCUT2D eigenvalue weighted by atomic mass is 9.93. The van der Waals surface area contributed by atoms with E-state index in [4.69, 9.17) is 0 Å². The summed E-state index contributed by atoms with van der Waals surface area (Å²) in [7, 11) is -2.02. The highest BCUT2D eigenvalue weighted by Gasteiger charge is 2.45. The van der Waals surface area contributed by atoms with Gasteiger partial charge in [0.2, 0.25) is 0 Å². The van der Waals surface area contributed by atoms with Crippen LogP contribution in [0.2, 0.25) is 0 Å². The van der Waals surface area contributed by atoms with E-state index in [2.05, 4.69) is 158 Å². The summed E-state index contributed by atoms with van der Waals surface area (Å²) < 4.78 is 0. The summed E-state index contributed by atoms with van der Waals surface area (Å²) in [5, 5.41) is 12.2. The maximum absolute atomic E-state index is 2.45. The van der Waals surface area contributed by atoms with Crippen molar-refractivity contribution in [3.63, 3.8) is 0 Å². The SMILES string of the molecule is [Br-].c1ccc([P+](Cc2cc3ccccc3c3c2ccc2ccccc23)(c2ccccc2)c2ccccc2)cc1. The van der Waals surface area contributed by atoms with Crippen LogP contribution in [0.3, 0.4) is 0 Å². The molecule has 0 bridgehead atoms. The van der Waals surface area contributed by atoms with Crippen LogP contribution < -0.4 is 32.9 Å². The lowest BCUT2D eigenvalue weighted by Crippen LogP contribution is -3.00. The Bertz CT molecular complexity index is 1770. The molecule has 0 aromatic heterocycles. The summed E-state index contributed by atoms with van der Waals surface area (Å²) in [5.74, 6) is 0. The predicted octanol–water partition coefficient (Wildman–Crippen LogP) is 5.64. The lowest BCUT2D eigenvalue weighted by molar-refractivity contribution is -0.00000711. The molecule has 0 unspecified atom stereocenters. The minimum Gasteiger partial charge on any atom is -1.00 e. The third kappa shape index (κ3) is 4.37. The summed E-state index contributed by atoms with van der Waals surface area (Å²) in [6, 6.07) is 58.4. The Labute approximate surface area is 241 Å². The van der Waals surface area contributed by atoms with Gasteiger partial charge in [0.1, 0.15) is 23.2 Å². The van der Waals surface area contributed by atoms with Gasteiger partial charge in [-0.25, -0.2) is 0 Å². The Hall–Kier alpha value is -3.77. The van der Waals surface area contributed by atoms with Crippen molar-refractivity contribution in [2.45, 2.75) is 6.16 Å². The fourth-order valence-corrected chi connectivity index (χ4v) is 10.4. The van der Waals surface area contributed by atoms with Crippen LogP contribution in [0.5, 0.6) is 0 Å². The summed E-state index contributed by atoms with van der Waals surface area (Å²) in [6.45, 7) is 0. The minimum absolute atomic E-state index is 0. The van der Waals surface area contributed by atoms with Crippen molar-refractivity contribution in [3.8, 4) is 0 Å². The number of rotatable bonds is 5. The Balaban J connectivity index is 0.00000277. The molecule has 7 rings (SSSR count). The average molecular weight is 584 g/mol. The zero-order valence-electron chi connectivity index (χ0n) is 21.5. The number of fused-ring (bicyclic) bond motifs is 5. The largest absolute Gasteiger partial charge is 1.00 e. The van der Waals surface area contributed by atoms with Crippen molar-refractivity contribution in [2.75, 3.05) is 0 Å². The van der Waals surface area contributed by atoms with Gasteiger partial charge in [-0.1, -0.05) is 115 Å². The summed E-state index contributed by atoms with van der Waals surface area (Å²) in [4.78, 5) is 0. The van der Waals surface area contributed by atoms with Crippen molar-refractivity contribution in [2.24, 2.45) is 0 Å². The monoisotopic (exact) mass is 582 g/mol. The third-order valence-electron chi connectivity index (χ3n) is 7.83. The van der Waals surface area contributed by atoms with E-state index >= 15 is 0 Å². The van der Waals surface area contributed by atoms with Gasteiger partial charge < -0.3 is 17.0 Å². The predicted molar refractivity (Wildman–Crippen MR) is 168 cm³/mol. The van der Waals surface area contributed by atoms with Gasteiger partial charge in [-0.2, -0.15) is 0 Å². The van der Waals surface area contributed by atoms with E-state index in [0.29, 0.717) is 0 Å². The fraction of sp³-hybridized carbons (Fsp3) is 0.0270. The molecule has 0 aliphatic heterocycles. The maximum atomic E-state index is 2.45. The summed E-state index contributed by atoms with van der Waals surface area (Å²) in [5.41, 5.74) is 1.41. The highest BCUT2D eigenvalue weighted by atomic mass is 79.9. The first-order valence-electron chi connectivity index (χ1n) is 13.2. The zero-order valence-corrected chi connectivity index (χ0v) is 24.0. The van der Waals surface area contributed by atoms with Crippen LogP contribution in [-0.2, 0) is 6.16 Å². The first-order valence-corrected chi connectivity index (χ1v) is 15.2. The van der Waals surface area contributed by atoms with E-state index in [-0.39, 0.29) is 17.0 Å². The number of hydrogen-bond acceptors (Lipinski definition) is 0. The number of halogens is 1. The molecule has 7 aromatic rings. The molecule has 0 spiro atoms. The van der Waals surface area contributed by atoms with E-state index in [1.807, 2.05) is 0 Å². The van der Waals surface area contributed by atoms with Crippen molar-refractivity contribution in [1.82, 2.24) is 0 Å². The molecule has 39 heavy (non-hydrogen) atoms. The van der Waals surface area contributed by atoms with Crippen molar-refractivity contribution in [1.29, 1.82) is 0 Å². The molecule has 0 nitrogen and oxygen atoms in total. The van der Waals surface area contributed by atoms with Gasteiger partial charge >= 0.3 is 0 Å². The van der Waals surface area contributed by atoms with E-state index in [1.54, 1.807) is 0 Å². The highest BCUT2D eigenvalue weighted by Crippen LogP contribution is 2.59. The van der Waals surface area contributed by atoms with E-state index < -0.39 is 7.26 Å². The molecule has 0 aliphatic rings. The molecule has 0 saturated heterocycles. The quantitative estimate of drug-likeness (QED) is 0.182. The van der Waals surface area contributed by atoms with Gasteiger partial charge in [-0.3, -0.25) is 0 Å². The van der Waals surface area contributed by atoms with Crippen molar-refractivity contribution in [3.05, 3.63) is 163 Å². The summed E-state index contributed by atoms with van der Waals surface area (Å²) in [6.07, 6.45) is 0.963. The molecule has 0 heterocycles. The van der Waals surface area contributed by atoms with Crippen LogP contribution in [0.1, 0.15) is 5.56 Å². The fourth-order valence-electron chi connectivity index (χ4n) is 6.10. The number of hydrogen-bond donors (Lipinski definition) is 0. The molecule has 0 fully saturated rings. The molecule has 0 N–H and O–H groups in total. The Kier molecular flexibility index (Phi) is 7.05. The molecule has 0 amide bonds. The maximum Gasteiger partial charge on any atom is 0.116 e. The molecular formula is C37H28BrP. The van der Waals surface area contributed by atoms with Crippen LogP contribution in [0.4, 0.5) is 0 Å². The van der Waals surface area contributed by atoms with Gasteiger partial charge in [0.15, 0.2) is 0 Å². The Morgan fingerprint density at radius 3 is 1.36 bits per heavy atom. The molecular weight excluding hydrogens is 555 g/mol. The van der Waals surface area contributed by atoms with Gasteiger partial charge in [-0.15, -0.1) is 0 Å². The van der Waals surface area contributed by atoms with Crippen LogP contribution in [0.25, 0.3) is 32.3 Å². The summed E-state index contributed by atoms with van der Waals surface area (Å²) >= 11 is 0. The molecule has 0 radical (unpaired) electrons. The van der Waals surface area contributed by atoms with Crippen molar-refractivity contribution >= 4 is 55.5 Å². The Morgan fingerprint density at radius 1 is 0.385 bits per heavy atom. The average Bonchev–Trinajstić information content (AvgIpc) is 3.01. The van der Waals surface area contributed by atoms with Crippen LogP contribution in [0.15, 0.2) is 158 Å². The van der Waals surface area contributed by atoms with E-state index in [0.717, 1.165) is 6.16 Å². The second kappa shape index (κ2) is 10.8. The zero-order chi connectivity index (χ0) is 25.4. The van der Waals surface area contributed by atoms with Crippen LogP contribution >= 0.6 is 7.26 Å². The first-order chi connectivity index (χ1) is 18.8. The van der Waals surface area contributed by atoms with Crippen LogP contribution in [0, 0.1) is 0 Å². The second-order valence-electron chi connectivity index (χ2n) is 9.94. The second-order valence-corrected chi connectivity index (χ2v) is 13.4. The van der Waals surface area contributed by atoms with Gasteiger partial charge in [-0.05, 0) is 80.3 Å². The molecule has 0 saturated carbocycles. The standard InChI is InChI=1S/C37H28P.BrH/c1-4-16-31(17-5-1)38(32-18-6-2-7-19-32,33-20-8-3-9-21-33)27-30-26-29-15-11-13-23-35(29)37-34-22-12-10-14-28(34)24-25-36(30)37;/h1-26H,27H2;1H/q+1;/p-1. The molecule has 188 valence electrons. The van der Waals surface area contributed by atoms with Gasteiger partial charge in [0, 0.05) is 0 Å². The van der Waals surface area contributed by atoms with Gasteiger partial charge in [0.05, 0.1) is 6.16 Å². The normalized spacial score (nSPS) is 11.5. The molecule has 7 aromatic carbocycles. The topological polar surface area (TPSA) is 0 Å². The van der Waals surface area contributed by atoms with Gasteiger partial charge in [0.25, 0.3) is 0 Å². The lowest BCUT2D eigenvalue weighted by Gasteiger charge is -2.28. The van der Waals surface area contributed by atoms with Crippen molar-refractivity contribution < 1.29 is 17.0 Å². The number of benzene rings is 7. The first kappa shape index (κ1) is 25.5. The Morgan fingerprint density at radius 2 is 0.821 bits per heavy atom. The van der Waals surface area contributed by atoms with E-state index in [1.165, 1.54) is 53.8 Å². The smallest absolute Gasteiger partial charge is 0.116 e. The minimum atomic E-state index is -2.02. The molecule has 0 atom stereocenters. The molecule has 2 heteroatoms. The van der Waals surface area contributed by atoms with Crippen LogP contribution in [-0.4, -0.2) is 0 Å².